The van der Waals surface area contributed by atoms with Gasteiger partial charge in [-0.25, -0.2) is 9.78 Å². The number of thiazole rings is 1. The van der Waals surface area contributed by atoms with Gasteiger partial charge in [0.15, 0.2) is 0 Å². The van der Waals surface area contributed by atoms with Crippen LogP contribution >= 0.6 is 11.3 Å². The summed E-state index contributed by atoms with van der Waals surface area (Å²) < 4.78 is 1.14. The highest BCUT2D eigenvalue weighted by molar-refractivity contribution is 7.18. The summed E-state index contributed by atoms with van der Waals surface area (Å²) in [5.74, 6) is 0.252. The highest BCUT2D eigenvalue weighted by atomic mass is 32.1. The van der Waals surface area contributed by atoms with Gasteiger partial charge in [-0.2, -0.15) is 0 Å². The Morgan fingerprint density at radius 1 is 1.31 bits per heavy atom. The fourth-order valence-corrected chi connectivity index (χ4v) is 4.16. The molecule has 2 aromatic rings. The van der Waals surface area contributed by atoms with Crippen molar-refractivity contribution >= 4 is 33.5 Å². The summed E-state index contributed by atoms with van der Waals surface area (Å²) in [5.41, 5.74) is 0.975. The van der Waals surface area contributed by atoms with Crippen LogP contribution in [0.15, 0.2) is 24.3 Å². The van der Waals surface area contributed by atoms with Crippen molar-refractivity contribution in [1.82, 2.24) is 20.1 Å². The van der Waals surface area contributed by atoms with E-state index in [1.54, 1.807) is 23.3 Å². The Balaban J connectivity index is 1.40. The van der Waals surface area contributed by atoms with Crippen molar-refractivity contribution < 1.29 is 9.59 Å². The molecule has 1 saturated heterocycles. The van der Waals surface area contributed by atoms with E-state index >= 15 is 0 Å². The Kier molecular flexibility index (Phi) is 6.44. The number of fused-ring (bicyclic) bond motifs is 1. The lowest BCUT2D eigenvalue weighted by atomic mass is 10.2. The summed E-state index contributed by atoms with van der Waals surface area (Å²) in [4.78, 5) is 32.3. The molecule has 0 saturated carbocycles. The Labute approximate surface area is 158 Å². The zero-order valence-electron chi connectivity index (χ0n) is 15.2. The maximum atomic E-state index is 12.2. The van der Waals surface area contributed by atoms with Crippen molar-refractivity contribution in [2.24, 2.45) is 0 Å². The summed E-state index contributed by atoms with van der Waals surface area (Å²) in [6.07, 6.45) is 4.67. The quantitative estimate of drug-likeness (QED) is 0.790. The number of hydrogen-bond donors (Lipinski definition) is 1. The monoisotopic (exact) mass is 374 g/mol. The van der Waals surface area contributed by atoms with Crippen LogP contribution in [0, 0.1) is 0 Å². The third kappa shape index (κ3) is 4.94. The highest BCUT2D eigenvalue weighted by Crippen LogP contribution is 2.22. The van der Waals surface area contributed by atoms with Gasteiger partial charge in [0.1, 0.15) is 5.01 Å². The maximum absolute atomic E-state index is 12.2. The second-order valence-electron chi connectivity index (χ2n) is 6.71. The van der Waals surface area contributed by atoms with Crippen molar-refractivity contribution in [2.45, 2.75) is 38.6 Å². The van der Waals surface area contributed by atoms with E-state index in [9.17, 15) is 9.59 Å². The summed E-state index contributed by atoms with van der Waals surface area (Å²) in [6, 6.07) is 7.89. The van der Waals surface area contributed by atoms with E-state index in [4.69, 9.17) is 0 Å². The third-order valence-corrected chi connectivity index (χ3v) is 5.63. The molecule has 1 aliphatic heterocycles. The molecule has 140 valence electrons. The van der Waals surface area contributed by atoms with Crippen LogP contribution in [0.4, 0.5) is 4.79 Å². The average Bonchev–Trinajstić information content (AvgIpc) is 2.93. The molecule has 3 amide bonds. The molecule has 1 N–H and O–H groups in total. The van der Waals surface area contributed by atoms with Gasteiger partial charge in [0, 0.05) is 33.1 Å². The maximum Gasteiger partial charge on any atom is 0.317 e. The molecule has 1 aliphatic rings. The fraction of sp³-hybridized carbons (Fsp3) is 0.526. The van der Waals surface area contributed by atoms with Crippen LogP contribution in [0.5, 0.6) is 0 Å². The van der Waals surface area contributed by atoms with E-state index in [0.717, 1.165) is 54.0 Å². The minimum Gasteiger partial charge on any atom is -0.343 e. The number of benzene rings is 1. The number of aromatic nitrogens is 1. The normalized spacial score (nSPS) is 15.1. The van der Waals surface area contributed by atoms with Gasteiger partial charge in [-0.05, 0) is 31.4 Å². The third-order valence-electron chi connectivity index (χ3n) is 4.61. The largest absolute Gasteiger partial charge is 0.343 e. The van der Waals surface area contributed by atoms with Gasteiger partial charge in [0.25, 0.3) is 0 Å². The van der Waals surface area contributed by atoms with E-state index in [1.165, 1.54) is 0 Å². The van der Waals surface area contributed by atoms with Crippen LogP contribution in [0.3, 0.4) is 0 Å². The molecule has 6 nitrogen and oxygen atoms in total. The van der Waals surface area contributed by atoms with Gasteiger partial charge in [-0.1, -0.05) is 18.6 Å². The first-order chi connectivity index (χ1) is 12.6. The smallest absolute Gasteiger partial charge is 0.317 e. The molecular weight excluding hydrogens is 348 g/mol. The molecule has 0 spiro atoms. The van der Waals surface area contributed by atoms with E-state index in [2.05, 4.69) is 10.3 Å². The number of nitrogens with zero attached hydrogens (tertiary/aromatic N) is 3. The Morgan fingerprint density at radius 2 is 2.15 bits per heavy atom. The van der Waals surface area contributed by atoms with E-state index in [0.29, 0.717) is 19.5 Å². The van der Waals surface area contributed by atoms with Crippen LogP contribution in [0.1, 0.15) is 37.1 Å². The SMILES string of the molecule is CN(Cc1nc2ccccc2s1)C(=O)NCCCN1CCCCCC1=O. The standard InChI is InChI=1S/C19H26N4O2S/c1-22(14-17-21-15-8-4-5-9-16(15)26-17)19(25)20-11-7-13-23-12-6-2-3-10-18(23)24/h4-5,8-9H,2-3,6-7,10-14H2,1H3,(H,20,25). The van der Waals surface area contributed by atoms with Crippen LogP contribution in [-0.4, -0.2) is 53.4 Å². The summed E-state index contributed by atoms with van der Waals surface area (Å²) in [6.45, 7) is 2.65. The lowest BCUT2D eigenvalue weighted by molar-refractivity contribution is -0.130. The Hall–Kier alpha value is -2.15. The number of nitrogens with one attached hydrogen (secondary N) is 1. The summed E-state index contributed by atoms with van der Waals surface area (Å²) >= 11 is 1.62. The molecule has 0 aliphatic carbocycles. The molecule has 0 bridgehead atoms. The van der Waals surface area contributed by atoms with E-state index in [-0.39, 0.29) is 11.9 Å². The van der Waals surface area contributed by atoms with Gasteiger partial charge in [-0.15, -0.1) is 11.3 Å². The number of likely N-dealkylation sites (tertiary alicyclic amines) is 1. The lowest BCUT2D eigenvalue weighted by Crippen LogP contribution is -2.39. The van der Waals surface area contributed by atoms with E-state index < -0.39 is 0 Å². The number of hydrogen-bond acceptors (Lipinski definition) is 4. The fourth-order valence-electron chi connectivity index (χ4n) is 3.14. The van der Waals surface area contributed by atoms with Crippen molar-refractivity contribution in [3.8, 4) is 0 Å². The highest BCUT2D eigenvalue weighted by Gasteiger charge is 2.16. The second-order valence-corrected chi connectivity index (χ2v) is 7.82. The second kappa shape index (κ2) is 8.98. The van der Waals surface area contributed by atoms with Crippen LogP contribution in [0.2, 0.25) is 0 Å². The molecular formula is C19H26N4O2S. The average molecular weight is 375 g/mol. The van der Waals surface area contributed by atoms with Gasteiger partial charge in [0.05, 0.1) is 16.8 Å². The number of para-hydroxylation sites is 1. The number of urea groups is 1. The molecule has 3 rings (SSSR count). The summed E-state index contributed by atoms with van der Waals surface area (Å²) in [5, 5.41) is 3.86. The van der Waals surface area contributed by atoms with Gasteiger partial charge in [-0.3, -0.25) is 4.79 Å². The molecule has 0 atom stereocenters. The molecule has 0 unspecified atom stereocenters. The molecule has 1 aromatic carbocycles. The Morgan fingerprint density at radius 3 is 3.00 bits per heavy atom. The number of carbonyl (C=O) groups excluding carboxylic acids is 2. The Bertz CT molecular complexity index is 728. The first-order valence-corrected chi connectivity index (χ1v) is 10.1. The van der Waals surface area contributed by atoms with Crippen molar-refractivity contribution in [1.29, 1.82) is 0 Å². The van der Waals surface area contributed by atoms with Gasteiger partial charge >= 0.3 is 6.03 Å². The zero-order valence-corrected chi connectivity index (χ0v) is 16.1. The number of amides is 3. The van der Waals surface area contributed by atoms with Crippen LogP contribution in [0.25, 0.3) is 10.2 Å². The zero-order chi connectivity index (χ0) is 18.4. The van der Waals surface area contributed by atoms with E-state index in [1.807, 2.05) is 29.2 Å². The lowest BCUT2D eigenvalue weighted by Gasteiger charge is -2.21. The van der Waals surface area contributed by atoms with Crippen LogP contribution in [-0.2, 0) is 11.3 Å². The molecule has 7 heteroatoms. The van der Waals surface area contributed by atoms with Crippen molar-refractivity contribution in [3.05, 3.63) is 29.3 Å². The molecule has 1 fully saturated rings. The van der Waals surface area contributed by atoms with Crippen LogP contribution < -0.4 is 5.32 Å². The summed E-state index contributed by atoms with van der Waals surface area (Å²) in [7, 11) is 1.78. The number of rotatable bonds is 6. The predicted molar refractivity (Wildman–Crippen MR) is 104 cm³/mol. The van der Waals surface area contributed by atoms with Crippen molar-refractivity contribution in [3.63, 3.8) is 0 Å². The molecule has 26 heavy (non-hydrogen) atoms. The molecule has 1 aromatic heterocycles. The minimum absolute atomic E-state index is 0.105. The first kappa shape index (κ1) is 18.6. The van der Waals surface area contributed by atoms with Crippen molar-refractivity contribution in [2.75, 3.05) is 26.7 Å². The first-order valence-electron chi connectivity index (χ1n) is 9.24. The van der Waals surface area contributed by atoms with Gasteiger partial charge < -0.3 is 15.1 Å². The molecule has 0 radical (unpaired) electrons. The predicted octanol–water partition coefficient (Wildman–Crippen LogP) is 3.23. The molecule has 2 heterocycles. The topological polar surface area (TPSA) is 65.5 Å². The number of carbonyl (C=O) groups is 2. The van der Waals surface area contributed by atoms with Gasteiger partial charge in [0.2, 0.25) is 5.91 Å². The minimum atomic E-state index is -0.105.